The molecule has 1 aromatic carbocycles. The molecule has 0 aromatic heterocycles. The molecule has 21 heavy (non-hydrogen) atoms. The molecule has 1 fully saturated rings. The first-order valence-electron chi connectivity index (χ1n) is 7.11. The van der Waals surface area contributed by atoms with Crippen molar-refractivity contribution in [1.29, 1.82) is 0 Å². The Balaban J connectivity index is 2.10. The van der Waals surface area contributed by atoms with E-state index in [-0.39, 0.29) is 17.4 Å². The monoisotopic (exact) mass is 331 g/mol. The largest absolute Gasteiger partial charge is 0.224 e. The zero-order chi connectivity index (χ0) is 15.5. The summed E-state index contributed by atoms with van der Waals surface area (Å²) < 4.78 is 50.0. The Labute approximate surface area is 126 Å². The molecular weight excluding hydrogens is 310 g/mol. The molecule has 1 saturated heterocycles. The van der Waals surface area contributed by atoms with Crippen molar-refractivity contribution >= 4 is 19.9 Å². The Morgan fingerprint density at radius 1 is 1.14 bits per heavy atom. The lowest BCUT2D eigenvalue weighted by molar-refractivity contribution is 0.282. The summed E-state index contributed by atoms with van der Waals surface area (Å²) in [4.78, 5) is 0.306. The van der Waals surface area contributed by atoms with Crippen LogP contribution < -0.4 is 0 Å². The molecule has 0 bridgehead atoms. The third kappa shape index (κ3) is 4.05. The van der Waals surface area contributed by atoms with Crippen LogP contribution >= 0.6 is 0 Å². The molecule has 0 amide bonds. The van der Waals surface area contributed by atoms with E-state index >= 15 is 0 Å². The average molecular weight is 331 g/mol. The second kappa shape index (κ2) is 6.46. The standard InChI is InChI=1S/C14H21NO4S2/c1-2-21(18,19)15-10-6-7-13(11-15)12-20(16,17)14-8-4-3-5-9-14/h3-5,8-9,13H,2,6-7,10-12H2,1H3. The molecule has 5 nitrogen and oxygen atoms in total. The van der Waals surface area contributed by atoms with Crippen molar-refractivity contribution in [3.05, 3.63) is 30.3 Å². The maximum Gasteiger partial charge on any atom is 0.213 e. The van der Waals surface area contributed by atoms with Gasteiger partial charge in [0, 0.05) is 13.1 Å². The van der Waals surface area contributed by atoms with Gasteiger partial charge >= 0.3 is 0 Å². The highest BCUT2D eigenvalue weighted by Gasteiger charge is 2.30. The van der Waals surface area contributed by atoms with Gasteiger partial charge in [0.05, 0.1) is 16.4 Å². The fraction of sp³-hybridized carbons (Fsp3) is 0.571. The number of nitrogens with zero attached hydrogens (tertiary/aromatic N) is 1. The van der Waals surface area contributed by atoms with E-state index in [9.17, 15) is 16.8 Å². The highest BCUT2D eigenvalue weighted by molar-refractivity contribution is 7.91. The quantitative estimate of drug-likeness (QED) is 0.820. The first-order valence-corrected chi connectivity index (χ1v) is 10.4. The molecule has 1 atom stereocenters. The lowest BCUT2D eigenvalue weighted by atomic mass is 10.0. The number of sulfone groups is 1. The van der Waals surface area contributed by atoms with Crippen LogP contribution in [0.25, 0.3) is 0 Å². The lowest BCUT2D eigenvalue weighted by Crippen LogP contribution is -2.42. The Morgan fingerprint density at radius 3 is 2.43 bits per heavy atom. The van der Waals surface area contributed by atoms with Crippen LogP contribution in [0.3, 0.4) is 0 Å². The van der Waals surface area contributed by atoms with Crippen LogP contribution in [-0.4, -0.2) is 45.7 Å². The average Bonchev–Trinajstić information content (AvgIpc) is 2.48. The maximum atomic E-state index is 12.4. The minimum atomic E-state index is -3.36. The molecule has 2 rings (SSSR count). The Hall–Kier alpha value is -0.920. The summed E-state index contributed by atoms with van der Waals surface area (Å²) in [5.41, 5.74) is 0. The van der Waals surface area contributed by atoms with Gasteiger partial charge in [0.2, 0.25) is 10.0 Å². The first-order chi connectivity index (χ1) is 9.85. The van der Waals surface area contributed by atoms with E-state index in [0.29, 0.717) is 24.4 Å². The van der Waals surface area contributed by atoms with Crippen molar-refractivity contribution in [2.24, 2.45) is 5.92 Å². The van der Waals surface area contributed by atoms with Crippen molar-refractivity contribution < 1.29 is 16.8 Å². The molecule has 1 aliphatic heterocycles. The summed E-state index contributed by atoms with van der Waals surface area (Å²) >= 11 is 0. The van der Waals surface area contributed by atoms with Crippen LogP contribution in [0.1, 0.15) is 19.8 Å². The highest BCUT2D eigenvalue weighted by atomic mass is 32.2. The predicted octanol–water partition coefficient (Wildman–Crippen LogP) is 1.52. The molecule has 7 heteroatoms. The molecule has 1 aromatic rings. The number of sulfonamides is 1. The number of hydrogen-bond acceptors (Lipinski definition) is 4. The third-order valence-corrected chi connectivity index (χ3v) is 7.55. The smallest absolute Gasteiger partial charge is 0.213 e. The van der Waals surface area contributed by atoms with Crippen molar-refractivity contribution in [2.75, 3.05) is 24.6 Å². The van der Waals surface area contributed by atoms with Crippen molar-refractivity contribution in [3.8, 4) is 0 Å². The summed E-state index contributed by atoms with van der Waals surface area (Å²) in [5, 5.41) is 0. The lowest BCUT2D eigenvalue weighted by Gasteiger charge is -2.31. The Bertz CT molecular complexity index is 668. The van der Waals surface area contributed by atoms with Crippen molar-refractivity contribution in [3.63, 3.8) is 0 Å². The van der Waals surface area contributed by atoms with Gasteiger partial charge in [-0.3, -0.25) is 0 Å². The molecular formula is C14H21NO4S2. The van der Waals surface area contributed by atoms with E-state index in [1.165, 1.54) is 4.31 Å². The van der Waals surface area contributed by atoms with Gasteiger partial charge in [0.25, 0.3) is 0 Å². The highest BCUT2D eigenvalue weighted by Crippen LogP contribution is 2.23. The molecule has 1 unspecified atom stereocenters. The van der Waals surface area contributed by atoms with Gasteiger partial charge in [-0.15, -0.1) is 0 Å². The van der Waals surface area contributed by atoms with E-state index in [2.05, 4.69) is 0 Å². The van der Waals surface area contributed by atoms with Gasteiger partial charge < -0.3 is 0 Å². The van der Waals surface area contributed by atoms with E-state index in [1.54, 1.807) is 37.3 Å². The maximum absolute atomic E-state index is 12.4. The fourth-order valence-electron chi connectivity index (χ4n) is 2.63. The van der Waals surface area contributed by atoms with Crippen molar-refractivity contribution in [1.82, 2.24) is 4.31 Å². The molecule has 1 heterocycles. The summed E-state index contributed by atoms with van der Waals surface area (Å²) in [6.45, 7) is 2.42. The third-order valence-electron chi connectivity index (χ3n) is 3.80. The normalized spacial score (nSPS) is 21.3. The van der Waals surface area contributed by atoms with Gasteiger partial charge in [0.15, 0.2) is 9.84 Å². The summed E-state index contributed by atoms with van der Waals surface area (Å²) in [5.74, 6) is -0.0666. The molecule has 0 radical (unpaired) electrons. The topological polar surface area (TPSA) is 71.5 Å². The fourth-order valence-corrected chi connectivity index (χ4v) is 5.50. The van der Waals surface area contributed by atoms with Gasteiger partial charge in [-0.1, -0.05) is 18.2 Å². The molecule has 118 valence electrons. The second-order valence-electron chi connectivity index (χ2n) is 5.36. The van der Waals surface area contributed by atoms with E-state index < -0.39 is 19.9 Å². The SMILES string of the molecule is CCS(=O)(=O)N1CCCC(CS(=O)(=O)c2ccccc2)C1. The van der Waals surface area contributed by atoms with Gasteiger partial charge in [-0.2, -0.15) is 0 Å². The van der Waals surface area contributed by atoms with Crippen LogP contribution in [0.2, 0.25) is 0 Å². The van der Waals surface area contributed by atoms with Gasteiger partial charge in [0.1, 0.15) is 0 Å². The number of rotatable bonds is 5. The van der Waals surface area contributed by atoms with Gasteiger partial charge in [-0.25, -0.2) is 21.1 Å². The minimum absolute atomic E-state index is 0.00669. The number of benzene rings is 1. The molecule has 0 N–H and O–H groups in total. The Morgan fingerprint density at radius 2 is 1.81 bits per heavy atom. The van der Waals surface area contributed by atoms with Gasteiger partial charge in [-0.05, 0) is 37.8 Å². The van der Waals surface area contributed by atoms with Crippen molar-refractivity contribution in [2.45, 2.75) is 24.7 Å². The van der Waals surface area contributed by atoms with Crippen LogP contribution in [0.4, 0.5) is 0 Å². The van der Waals surface area contributed by atoms with Crippen LogP contribution in [0, 0.1) is 5.92 Å². The number of hydrogen-bond donors (Lipinski definition) is 0. The molecule has 1 aliphatic rings. The zero-order valence-corrected chi connectivity index (χ0v) is 13.7. The zero-order valence-electron chi connectivity index (χ0n) is 12.1. The summed E-state index contributed by atoms with van der Waals surface area (Å²) in [6, 6.07) is 8.33. The van der Waals surface area contributed by atoms with Crippen LogP contribution in [0.15, 0.2) is 35.2 Å². The minimum Gasteiger partial charge on any atom is -0.224 e. The molecule has 0 saturated carbocycles. The van der Waals surface area contributed by atoms with Crippen LogP contribution in [-0.2, 0) is 19.9 Å². The van der Waals surface area contributed by atoms with E-state index in [0.717, 1.165) is 6.42 Å². The first kappa shape index (κ1) is 16.5. The second-order valence-corrected chi connectivity index (χ2v) is 9.65. The molecule has 0 spiro atoms. The summed E-state index contributed by atoms with van der Waals surface area (Å²) in [6.07, 6.45) is 1.47. The summed E-state index contributed by atoms with van der Waals surface area (Å²) in [7, 11) is -6.59. The predicted molar refractivity (Wildman–Crippen MR) is 82.3 cm³/mol. The van der Waals surface area contributed by atoms with Crippen LogP contribution in [0.5, 0.6) is 0 Å². The number of piperidine rings is 1. The van der Waals surface area contributed by atoms with E-state index in [1.807, 2.05) is 0 Å². The Kier molecular flexibility index (Phi) is 5.06. The molecule has 0 aliphatic carbocycles. The van der Waals surface area contributed by atoms with E-state index in [4.69, 9.17) is 0 Å².